The maximum atomic E-state index is 13.8. The lowest BCUT2D eigenvalue weighted by molar-refractivity contribution is -0.132. The number of amides is 1. The van der Waals surface area contributed by atoms with Crippen LogP contribution in [0.4, 0.5) is 4.39 Å². The third kappa shape index (κ3) is 4.23. The maximum Gasteiger partial charge on any atom is 0.236 e. The topological polar surface area (TPSA) is 36.4 Å². The number of benzene rings is 2. The molecular weight excluding hydrogens is 373 g/mol. The first-order valence-corrected chi connectivity index (χ1v) is 10.5. The molecule has 4 nitrogen and oxygen atoms in total. The predicted molar refractivity (Wildman–Crippen MR) is 111 cm³/mol. The molecule has 1 fully saturated rings. The highest BCUT2D eigenvalue weighted by molar-refractivity contribution is 7.18. The van der Waals surface area contributed by atoms with Crippen molar-refractivity contribution in [1.29, 1.82) is 0 Å². The van der Waals surface area contributed by atoms with Crippen LogP contribution in [0.2, 0.25) is 0 Å². The molecule has 0 bridgehead atoms. The Labute approximate surface area is 168 Å². The number of carbonyl (C=O) groups excluding carboxylic acids is 1. The van der Waals surface area contributed by atoms with Crippen LogP contribution >= 0.6 is 11.3 Å². The van der Waals surface area contributed by atoms with Crippen molar-refractivity contribution in [2.75, 3.05) is 26.7 Å². The molecule has 1 amide bonds. The minimum Gasteiger partial charge on any atom is -0.340 e. The van der Waals surface area contributed by atoms with E-state index in [4.69, 9.17) is 4.98 Å². The van der Waals surface area contributed by atoms with Crippen molar-refractivity contribution >= 4 is 27.5 Å². The Morgan fingerprint density at radius 3 is 2.86 bits per heavy atom. The lowest BCUT2D eigenvalue weighted by Gasteiger charge is -2.32. The van der Waals surface area contributed by atoms with E-state index in [1.54, 1.807) is 41.5 Å². The van der Waals surface area contributed by atoms with E-state index in [0.717, 1.165) is 36.5 Å². The summed E-state index contributed by atoms with van der Waals surface area (Å²) in [6.07, 6.45) is 2.17. The molecule has 0 aliphatic carbocycles. The van der Waals surface area contributed by atoms with E-state index in [0.29, 0.717) is 24.6 Å². The van der Waals surface area contributed by atoms with E-state index < -0.39 is 0 Å². The van der Waals surface area contributed by atoms with E-state index in [9.17, 15) is 9.18 Å². The highest BCUT2D eigenvalue weighted by atomic mass is 32.1. The number of hydrogen-bond donors (Lipinski definition) is 0. The molecule has 2 aromatic carbocycles. The fourth-order valence-electron chi connectivity index (χ4n) is 3.75. The molecular formula is C22H24FN3OS. The van der Waals surface area contributed by atoms with Gasteiger partial charge in [-0.25, -0.2) is 9.37 Å². The molecule has 0 radical (unpaired) electrons. The Bertz CT molecular complexity index is 940. The van der Waals surface area contributed by atoms with Crippen LogP contribution in [-0.2, 0) is 11.3 Å². The van der Waals surface area contributed by atoms with E-state index in [2.05, 4.69) is 17.0 Å². The quantitative estimate of drug-likeness (QED) is 0.645. The average molecular weight is 398 g/mol. The normalized spacial score (nSPS) is 17.7. The van der Waals surface area contributed by atoms with Gasteiger partial charge in [-0.1, -0.05) is 30.3 Å². The summed E-state index contributed by atoms with van der Waals surface area (Å²) in [5.74, 6) is 0.125. The first-order chi connectivity index (χ1) is 13.6. The minimum atomic E-state index is -0.268. The summed E-state index contributed by atoms with van der Waals surface area (Å²) in [5, 5.41) is 1.16. The smallest absolute Gasteiger partial charge is 0.236 e. The van der Waals surface area contributed by atoms with Crippen LogP contribution in [0.5, 0.6) is 0 Å². The van der Waals surface area contributed by atoms with Crippen molar-refractivity contribution in [2.45, 2.75) is 25.3 Å². The van der Waals surface area contributed by atoms with Crippen LogP contribution < -0.4 is 0 Å². The molecule has 2 heterocycles. The molecule has 1 saturated heterocycles. The van der Waals surface area contributed by atoms with Crippen LogP contribution in [0.15, 0.2) is 48.5 Å². The van der Waals surface area contributed by atoms with Gasteiger partial charge in [0.05, 0.1) is 21.8 Å². The number of nitrogens with zero attached hydrogens (tertiary/aromatic N) is 3. The van der Waals surface area contributed by atoms with Crippen LogP contribution in [0, 0.1) is 5.82 Å². The van der Waals surface area contributed by atoms with Crippen molar-refractivity contribution in [3.63, 3.8) is 0 Å². The van der Waals surface area contributed by atoms with Gasteiger partial charge in [0.2, 0.25) is 5.91 Å². The first-order valence-electron chi connectivity index (χ1n) is 9.65. The molecule has 4 rings (SSSR count). The summed E-state index contributed by atoms with van der Waals surface area (Å²) in [7, 11) is 1.74. The largest absolute Gasteiger partial charge is 0.340 e. The summed E-state index contributed by atoms with van der Waals surface area (Å²) in [5.41, 5.74) is 1.60. The van der Waals surface area contributed by atoms with Crippen LogP contribution in [0.3, 0.4) is 0 Å². The Hall–Kier alpha value is -2.31. The monoisotopic (exact) mass is 397 g/mol. The molecule has 0 spiro atoms. The van der Waals surface area contributed by atoms with Gasteiger partial charge in [0.25, 0.3) is 0 Å². The predicted octanol–water partition coefficient (Wildman–Crippen LogP) is 4.27. The molecule has 0 saturated carbocycles. The molecule has 1 aliphatic rings. The molecule has 0 unspecified atom stereocenters. The van der Waals surface area contributed by atoms with E-state index in [1.165, 1.54) is 10.8 Å². The number of thiazole rings is 1. The van der Waals surface area contributed by atoms with Gasteiger partial charge in [-0.3, -0.25) is 9.69 Å². The number of rotatable bonds is 5. The van der Waals surface area contributed by atoms with Gasteiger partial charge >= 0.3 is 0 Å². The van der Waals surface area contributed by atoms with Crippen LogP contribution in [0.1, 0.15) is 29.3 Å². The molecule has 6 heteroatoms. The van der Waals surface area contributed by atoms with E-state index in [1.807, 2.05) is 12.1 Å². The number of likely N-dealkylation sites (tertiary alicyclic amines) is 1. The number of likely N-dealkylation sites (N-methyl/N-ethyl adjacent to an activating group) is 1. The minimum absolute atomic E-state index is 0.0215. The molecule has 1 atom stereocenters. The molecule has 1 aliphatic heterocycles. The zero-order valence-corrected chi connectivity index (χ0v) is 16.8. The number of halogens is 1. The van der Waals surface area contributed by atoms with Gasteiger partial charge in [-0.05, 0) is 37.6 Å². The van der Waals surface area contributed by atoms with Gasteiger partial charge in [0, 0.05) is 31.6 Å². The summed E-state index contributed by atoms with van der Waals surface area (Å²) < 4.78 is 15.1. The summed E-state index contributed by atoms with van der Waals surface area (Å²) in [6.45, 7) is 2.42. The Morgan fingerprint density at radius 1 is 1.25 bits per heavy atom. The molecule has 146 valence electrons. The number of aromatic nitrogens is 1. The van der Waals surface area contributed by atoms with Gasteiger partial charge in [-0.15, -0.1) is 11.3 Å². The molecule has 3 aromatic rings. The third-order valence-corrected chi connectivity index (χ3v) is 6.51. The summed E-state index contributed by atoms with van der Waals surface area (Å²) >= 11 is 1.76. The maximum absolute atomic E-state index is 13.8. The number of fused-ring (bicyclic) bond motifs is 1. The van der Waals surface area contributed by atoms with Gasteiger partial charge in [0.1, 0.15) is 5.82 Å². The van der Waals surface area contributed by atoms with Crippen molar-refractivity contribution < 1.29 is 9.18 Å². The Kier molecular flexibility index (Phi) is 5.69. The number of hydrogen-bond acceptors (Lipinski definition) is 4. The lowest BCUT2D eigenvalue weighted by atomic mass is 9.98. The van der Waals surface area contributed by atoms with E-state index >= 15 is 0 Å². The summed E-state index contributed by atoms with van der Waals surface area (Å²) in [6, 6.07) is 14.8. The number of carbonyl (C=O) groups is 1. The average Bonchev–Trinajstić information content (AvgIpc) is 3.14. The third-order valence-electron chi connectivity index (χ3n) is 5.32. The number of piperidine rings is 1. The van der Waals surface area contributed by atoms with Gasteiger partial charge in [0.15, 0.2) is 0 Å². The van der Waals surface area contributed by atoms with Crippen LogP contribution in [-0.4, -0.2) is 47.4 Å². The highest BCUT2D eigenvalue weighted by Crippen LogP contribution is 2.32. The fraction of sp³-hybridized carbons (Fsp3) is 0.364. The zero-order valence-electron chi connectivity index (χ0n) is 16.0. The molecule has 0 N–H and O–H groups in total. The highest BCUT2D eigenvalue weighted by Gasteiger charge is 2.26. The van der Waals surface area contributed by atoms with Crippen molar-refractivity contribution in [2.24, 2.45) is 0 Å². The van der Waals surface area contributed by atoms with Gasteiger partial charge < -0.3 is 4.90 Å². The molecule has 28 heavy (non-hydrogen) atoms. The second-order valence-electron chi connectivity index (χ2n) is 7.44. The second kappa shape index (κ2) is 8.37. The number of para-hydroxylation sites is 1. The van der Waals surface area contributed by atoms with E-state index in [-0.39, 0.29) is 11.7 Å². The Morgan fingerprint density at radius 2 is 2.04 bits per heavy atom. The van der Waals surface area contributed by atoms with Crippen molar-refractivity contribution in [3.05, 3.63) is 64.9 Å². The zero-order chi connectivity index (χ0) is 19.5. The lowest BCUT2D eigenvalue weighted by Crippen LogP contribution is -2.42. The van der Waals surface area contributed by atoms with Gasteiger partial charge in [-0.2, -0.15) is 0 Å². The van der Waals surface area contributed by atoms with Crippen molar-refractivity contribution in [3.8, 4) is 0 Å². The second-order valence-corrected chi connectivity index (χ2v) is 8.50. The van der Waals surface area contributed by atoms with Crippen LogP contribution in [0.25, 0.3) is 10.2 Å². The molecule has 1 aromatic heterocycles. The first kappa shape index (κ1) is 19.0. The fourth-order valence-corrected chi connectivity index (χ4v) is 4.84. The Balaban J connectivity index is 1.37. The SMILES string of the molecule is CN(Cc1ccccc1F)C(=O)CN1CCC[C@H](c2nc3ccccc3s2)C1. The van der Waals surface area contributed by atoms with Crippen molar-refractivity contribution in [1.82, 2.24) is 14.8 Å². The standard InChI is InChI=1S/C22H24FN3OS/c1-25(13-16-7-2-3-9-18(16)23)21(27)15-26-12-6-8-17(14-26)22-24-19-10-4-5-11-20(19)28-22/h2-5,7,9-11,17H,6,8,12-15H2,1H3/t17-/m0/s1. The summed E-state index contributed by atoms with van der Waals surface area (Å²) in [4.78, 5) is 21.3.